The lowest BCUT2D eigenvalue weighted by molar-refractivity contribution is -0.139. The van der Waals surface area contributed by atoms with Crippen molar-refractivity contribution in [3.63, 3.8) is 0 Å². The SMILES string of the molecule is O=C(CC1(COc2ccccc2)CCN(S(=O)(=O)c2ccccc2F)CC1)N1CCOCC1. The van der Waals surface area contributed by atoms with E-state index in [1.165, 1.54) is 22.5 Å². The molecule has 0 saturated carbocycles. The van der Waals surface area contributed by atoms with Gasteiger partial charge in [-0.15, -0.1) is 0 Å². The van der Waals surface area contributed by atoms with E-state index < -0.39 is 21.3 Å². The first-order valence-corrected chi connectivity index (χ1v) is 12.6. The van der Waals surface area contributed by atoms with Gasteiger partial charge in [0.2, 0.25) is 15.9 Å². The summed E-state index contributed by atoms with van der Waals surface area (Å²) in [6, 6.07) is 14.8. The number of amides is 1. The standard InChI is InChI=1S/C24H29FN2O5S/c25-21-8-4-5-9-22(21)33(29,30)27-12-10-24(11-13-27,19-32-20-6-2-1-3-7-20)18-23(28)26-14-16-31-17-15-26/h1-9H,10-19H2. The minimum Gasteiger partial charge on any atom is -0.493 e. The summed E-state index contributed by atoms with van der Waals surface area (Å²) in [5.41, 5.74) is -0.507. The van der Waals surface area contributed by atoms with Gasteiger partial charge >= 0.3 is 0 Å². The highest BCUT2D eigenvalue weighted by Crippen LogP contribution is 2.38. The molecule has 2 fully saturated rings. The third kappa shape index (κ3) is 5.54. The average molecular weight is 477 g/mol. The first kappa shape index (κ1) is 23.7. The molecule has 0 unspecified atom stereocenters. The summed E-state index contributed by atoms with van der Waals surface area (Å²) in [5.74, 6) is -0.0262. The number of morpholine rings is 1. The number of halogens is 1. The Morgan fingerprint density at radius 3 is 2.27 bits per heavy atom. The second-order valence-electron chi connectivity index (χ2n) is 8.61. The van der Waals surface area contributed by atoms with E-state index in [0.29, 0.717) is 51.5 Å². The summed E-state index contributed by atoms with van der Waals surface area (Å²) in [4.78, 5) is 14.5. The quantitative estimate of drug-likeness (QED) is 0.614. The molecule has 0 N–H and O–H groups in total. The van der Waals surface area contributed by atoms with Crippen molar-refractivity contribution in [2.75, 3.05) is 46.0 Å². The summed E-state index contributed by atoms with van der Waals surface area (Å²) < 4.78 is 53.0. The molecule has 9 heteroatoms. The lowest BCUT2D eigenvalue weighted by Crippen LogP contribution is -2.49. The fourth-order valence-corrected chi connectivity index (χ4v) is 5.87. The smallest absolute Gasteiger partial charge is 0.245 e. The summed E-state index contributed by atoms with van der Waals surface area (Å²) in [6.07, 6.45) is 1.17. The topological polar surface area (TPSA) is 76.2 Å². The van der Waals surface area contributed by atoms with Crippen LogP contribution in [0.2, 0.25) is 0 Å². The first-order valence-electron chi connectivity index (χ1n) is 11.2. The van der Waals surface area contributed by atoms with Crippen molar-refractivity contribution in [2.24, 2.45) is 5.41 Å². The molecule has 0 spiro atoms. The first-order chi connectivity index (χ1) is 15.9. The number of ether oxygens (including phenoxy) is 2. The van der Waals surface area contributed by atoms with Crippen LogP contribution in [0, 0.1) is 11.2 Å². The normalized spacial score (nSPS) is 19.2. The van der Waals surface area contributed by atoms with Crippen molar-refractivity contribution in [3.8, 4) is 5.75 Å². The summed E-state index contributed by atoms with van der Waals surface area (Å²) in [5, 5.41) is 0. The van der Waals surface area contributed by atoms with Crippen LogP contribution in [0.1, 0.15) is 19.3 Å². The summed E-state index contributed by atoms with van der Waals surface area (Å²) in [7, 11) is -3.95. The number of rotatable bonds is 7. The Hall–Kier alpha value is -2.49. The summed E-state index contributed by atoms with van der Waals surface area (Å²) in [6.45, 7) is 2.86. The van der Waals surface area contributed by atoms with Crippen LogP contribution in [0.25, 0.3) is 0 Å². The predicted molar refractivity (Wildman–Crippen MR) is 121 cm³/mol. The number of hydrogen-bond donors (Lipinski definition) is 0. The average Bonchev–Trinajstić information content (AvgIpc) is 2.84. The lowest BCUT2D eigenvalue weighted by atomic mass is 9.76. The van der Waals surface area contributed by atoms with Gasteiger partial charge in [0.1, 0.15) is 16.5 Å². The molecular weight excluding hydrogens is 447 g/mol. The van der Waals surface area contributed by atoms with E-state index in [-0.39, 0.29) is 30.3 Å². The van der Waals surface area contributed by atoms with Crippen molar-refractivity contribution in [2.45, 2.75) is 24.2 Å². The number of carbonyl (C=O) groups excluding carboxylic acids is 1. The molecule has 2 aliphatic heterocycles. The predicted octanol–water partition coefficient (Wildman–Crippen LogP) is 2.92. The van der Waals surface area contributed by atoms with Gasteiger partial charge in [-0.05, 0) is 37.1 Å². The zero-order valence-electron chi connectivity index (χ0n) is 18.5. The molecule has 1 amide bonds. The molecule has 178 valence electrons. The van der Waals surface area contributed by atoms with Crippen LogP contribution >= 0.6 is 0 Å². The molecule has 0 aliphatic carbocycles. The lowest BCUT2D eigenvalue weighted by Gasteiger charge is -2.41. The highest BCUT2D eigenvalue weighted by atomic mass is 32.2. The molecule has 33 heavy (non-hydrogen) atoms. The Kier molecular flexibility index (Phi) is 7.31. The number of para-hydroxylation sites is 1. The minimum atomic E-state index is -3.95. The second-order valence-corrected chi connectivity index (χ2v) is 10.5. The van der Waals surface area contributed by atoms with Gasteiger partial charge in [0.25, 0.3) is 0 Å². The van der Waals surface area contributed by atoms with Gasteiger partial charge in [0, 0.05) is 38.0 Å². The Bertz CT molecular complexity index is 1050. The maximum Gasteiger partial charge on any atom is 0.245 e. The van der Waals surface area contributed by atoms with Crippen LogP contribution in [-0.4, -0.2) is 69.5 Å². The highest BCUT2D eigenvalue weighted by molar-refractivity contribution is 7.89. The number of sulfonamides is 1. The van der Waals surface area contributed by atoms with Gasteiger partial charge in [0.05, 0.1) is 19.8 Å². The third-order valence-corrected chi connectivity index (χ3v) is 8.35. The number of hydrogen-bond acceptors (Lipinski definition) is 5. The van der Waals surface area contributed by atoms with E-state index in [1.807, 2.05) is 30.3 Å². The monoisotopic (exact) mass is 476 g/mol. The van der Waals surface area contributed by atoms with E-state index >= 15 is 0 Å². The van der Waals surface area contributed by atoms with Crippen LogP contribution in [0.3, 0.4) is 0 Å². The Labute approximate surface area is 194 Å². The Balaban J connectivity index is 1.49. The van der Waals surface area contributed by atoms with Crippen LogP contribution in [0.4, 0.5) is 4.39 Å². The molecule has 2 aromatic rings. The maximum absolute atomic E-state index is 14.2. The largest absolute Gasteiger partial charge is 0.493 e. The van der Waals surface area contributed by atoms with Gasteiger partial charge in [-0.25, -0.2) is 12.8 Å². The number of piperidine rings is 1. The molecule has 0 radical (unpaired) electrons. The molecule has 0 bridgehead atoms. The van der Waals surface area contributed by atoms with Gasteiger partial charge in [0.15, 0.2) is 0 Å². The van der Waals surface area contributed by atoms with Crippen molar-refractivity contribution in [1.82, 2.24) is 9.21 Å². The van der Waals surface area contributed by atoms with Gasteiger partial charge in [-0.3, -0.25) is 4.79 Å². The zero-order chi connectivity index (χ0) is 23.3. The second kappa shape index (κ2) is 10.2. The van der Waals surface area contributed by atoms with Gasteiger partial charge in [-0.1, -0.05) is 30.3 Å². The number of nitrogens with zero attached hydrogens (tertiary/aromatic N) is 2. The van der Waals surface area contributed by atoms with Crippen LogP contribution in [0.5, 0.6) is 5.75 Å². The molecular formula is C24H29FN2O5S. The molecule has 2 saturated heterocycles. The molecule has 4 rings (SSSR count). The third-order valence-electron chi connectivity index (χ3n) is 6.42. The zero-order valence-corrected chi connectivity index (χ0v) is 19.3. The van der Waals surface area contributed by atoms with Crippen molar-refractivity contribution >= 4 is 15.9 Å². The highest BCUT2D eigenvalue weighted by Gasteiger charge is 2.42. The molecule has 0 atom stereocenters. The molecule has 2 aliphatic rings. The van der Waals surface area contributed by atoms with E-state index in [2.05, 4.69) is 0 Å². The number of carbonyl (C=O) groups is 1. The molecule has 2 aromatic carbocycles. The van der Waals surface area contributed by atoms with Gasteiger partial charge in [-0.2, -0.15) is 4.31 Å². The van der Waals surface area contributed by atoms with Crippen LogP contribution in [-0.2, 0) is 19.6 Å². The Morgan fingerprint density at radius 2 is 1.61 bits per heavy atom. The fourth-order valence-electron chi connectivity index (χ4n) is 4.36. The van der Waals surface area contributed by atoms with Crippen LogP contribution in [0.15, 0.2) is 59.5 Å². The van der Waals surface area contributed by atoms with Crippen molar-refractivity contribution < 1.29 is 27.1 Å². The molecule has 0 aromatic heterocycles. The molecule has 7 nitrogen and oxygen atoms in total. The van der Waals surface area contributed by atoms with E-state index in [9.17, 15) is 17.6 Å². The minimum absolute atomic E-state index is 0.0281. The van der Waals surface area contributed by atoms with E-state index in [1.54, 1.807) is 4.90 Å². The fraction of sp³-hybridized carbons (Fsp3) is 0.458. The maximum atomic E-state index is 14.2. The summed E-state index contributed by atoms with van der Waals surface area (Å²) >= 11 is 0. The van der Waals surface area contributed by atoms with Crippen molar-refractivity contribution in [3.05, 3.63) is 60.4 Å². The van der Waals surface area contributed by atoms with Crippen molar-refractivity contribution in [1.29, 1.82) is 0 Å². The Morgan fingerprint density at radius 1 is 0.970 bits per heavy atom. The van der Waals surface area contributed by atoms with Gasteiger partial charge < -0.3 is 14.4 Å². The van der Waals surface area contributed by atoms with E-state index in [4.69, 9.17) is 9.47 Å². The van der Waals surface area contributed by atoms with Crippen LogP contribution < -0.4 is 4.74 Å². The number of benzene rings is 2. The molecule has 2 heterocycles. The van der Waals surface area contributed by atoms with E-state index in [0.717, 1.165) is 6.07 Å².